The van der Waals surface area contributed by atoms with E-state index in [9.17, 15) is 4.79 Å². The Balaban J connectivity index is -0.0000000627. The molecular weight excluding hydrogens is 1270 g/mol. The minimum Gasteiger partial charge on any atom is -0.613 e. The third-order valence-corrected chi connectivity index (χ3v) is 3.56. The zero-order chi connectivity index (χ0) is 29.0. The van der Waals surface area contributed by atoms with Crippen molar-refractivity contribution >= 4 is 23.6 Å². The average molecular weight is 1290 g/mol. The van der Waals surface area contributed by atoms with Gasteiger partial charge in [-0.15, -0.1) is 10.2 Å². The number of nitrogens with one attached hydrogen (secondary N) is 2. The summed E-state index contributed by atoms with van der Waals surface area (Å²) < 4.78 is 18.0. The SMILES string of the molecule is Cc1n[n-]c(=N)o1.Cc1n[n-]c(=O)o1.Cc1n[n-]c(=S)o1.Cc1nn[c-]o1.Cc1nn[c-]s1.Cc1nn[nH]n1.[Y].[Y].[Y].[Y].[Y].[Y].[Y].[Y]. The van der Waals surface area contributed by atoms with Crippen LogP contribution in [0.1, 0.15) is 34.4 Å². The van der Waals surface area contributed by atoms with Crippen molar-refractivity contribution in [3.05, 3.63) is 67.4 Å². The summed E-state index contributed by atoms with van der Waals surface area (Å²) in [6.07, 6.45) is 2.19. The summed E-state index contributed by atoms with van der Waals surface area (Å²) >= 11 is 5.92. The van der Waals surface area contributed by atoms with Crippen LogP contribution < -0.4 is 26.7 Å². The fraction of sp³-hybridized carbons (Fsp3) is 0.353. The predicted octanol–water partition coefficient (Wildman–Crippen LogP) is -0.297. The molecule has 6 rings (SSSR count). The van der Waals surface area contributed by atoms with E-state index in [2.05, 4.69) is 113 Å². The van der Waals surface area contributed by atoms with Crippen LogP contribution in [0.5, 0.6) is 0 Å². The molecule has 6 aromatic heterocycles. The van der Waals surface area contributed by atoms with E-state index in [4.69, 9.17) is 5.41 Å². The maximum absolute atomic E-state index is 9.95. The molecule has 0 saturated heterocycles. The molecule has 6 aromatic rings. The molecule has 47 heavy (non-hydrogen) atoms. The van der Waals surface area contributed by atoms with Gasteiger partial charge in [-0.05, 0) is 11.9 Å². The second kappa shape index (κ2) is 44.2. The molecule has 234 valence electrons. The molecule has 20 nitrogen and oxygen atoms in total. The van der Waals surface area contributed by atoms with E-state index >= 15 is 0 Å². The Labute approximate surface area is 478 Å². The second-order valence-electron chi connectivity index (χ2n) is 6.08. The summed E-state index contributed by atoms with van der Waals surface area (Å²) in [6.45, 7) is 10.3. The molecule has 0 fully saturated rings. The summed E-state index contributed by atoms with van der Waals surface area (Å²) in [5.41, 5.74) is 2.48. The Bertz CT molecular complexity index is 1390. The average Bonchev–Trinajstić information content (AvgIpc) is 3.71. The molecule has 0 bridgehead atoms. The summed E-state index contributed by atoms with van der Waals surface area (Å²) in [5, 5.41) is 54.1. The Kier molecular flexibility index (Phi) is 64.8. The molecule has 0 aliphatic carbocycles. The van der Waals surface area contributed by atoms with Crippen molar-refractivity contribution in [2.24, 2.45) is 0 Å². The van der Waals surface area contributed by atoms with Crippen LogP contribution in [0.15, 0.2) is 22.5 Å². The van der Waals surface area contributed by atoms with Gasteiger partial charge in [0.15, 0.2) is 23.5 Å². The van der Waals surface area contributed by atoms with Gasteiger partial charge in [0, 0.05) is 282 Å². The molecule has 0 aliphatic heterocycles. The minimum atomic E-state index is -0.627. The molecule has 8 radical (unpaired) electrons. The maximum atomic E-state index is 9.95. The fourth-order valence-corrected chi connectivity index (χ4v) is 1.92. The van der Waals surface area contributed by atoms with E-state index in [0.717, 1.165) is 5.01 Å². The Morgan fingerprint density at radius 3 is 1.40 bits per heavy atom. The van der Waals surface area contributed by atoms with Gasteiger partial charge in [0.25, 0.3) is 5.76 Å². The summed E-state index contributed by atoms with van der Waals surface area (Å²) in [5.74, 6) is 1.86. The summed E-state index contributed by atoms with van der Waals surface area (Å²) in [4.78, 5) is 10.2. The molecule has 0 amide bonds. The Hall–Kier alpha value is 3.84. The fourth-order valence-electron chi connectivity index (χ4n) is 1.46. The van der Waals surface area contributed by atoms with Gasteiger partial charge in [0.05, 0.1) is 12.3 Å². The smallest absolute Gasteiger partial charge is 0.253 e. The number of aromatic amines is 1. The van der Waals surface area contributed by atoms with Crippen LogP contribution in [0, 0.1) is 63.7 Å². The molecule has 0 saturated carbocycles. The third-order valence-electron chi connectivity index (χ3n) is 2.84. The largest absolute Gasteiger partial charge is 0.613 e. The van der Waals surface area contributed by atoms with E-state index in [0.29, 0.717) is 29.4 Å². The third kappa shape index (κ3) is 42.4. The van der Waals surface area contributed by atoms with Gasteiger partial charge in [-0.1, -0.05) is 36.8 Å². The van der Waals surface area contributed by atoms with Crippen molar-refractivity contribution in [3.63, 3.8) is 0 Å². The standard InChI is InChI=1S/C3H4N3O.C3H4N2O2.C3H4N2OS.C3H3N2O.C3H3N2S.C2H4N4.8Y/c1-2-5-6-3(4)7-2;1-2-4-5-3(6)7-2;1-2-4-5-3(7)6-2;2*1-3-5-4-2-6-3;1-2-3-5-6-4-2;;;;;;;;/h1H3,(H-,4,6);1H3,(H,5,6);1H3,(H,5,7);2*1H3;1H3,(H,3,4,5,6);;;;;;;;/q-1;;;2*-1;;;;;;;;;/p-2. The molecule has 0 aromatic carbocycles. The van der Waals surface area contributed by atoms with Crippen molar-refractivity contribution in [1.29, 1.82) is 5.41 Å². The van der Waals surface area contributed by atoms with Crippen LogP contribution in [0.2, 0.25) is 0 Å². The second-order valence-corrected chi connectivity index (χ2v) is 7.41. The number of nitrogens with zero attached hydrogens (tertiary/aromatic N) is 13. The van der Waals surface area contributed by atoms with Crippen molar-refractivity contribution < 1.29 is 279 Å². The van der Waals surface area contributed by atoms with E-state index in [1.165, 1.54) is 11.3 Å². The van der Waals surface area contributed by atoms with Crippen LogP contribution in [0.3, 0.4) is 0 Å². The van der Waals surface area contributed by atoms with E-state index in [1.807, 2.05) is 6.92 Å². The zero-order valence-corrected chi connectivity index (χ0v) is 50.1. The van der Waals surface area contributed by atoms with Crippen LogP contribution >= 0.6 is 23.6 Å². The predicted molar refractivity (Wildman–Crippen MR) is 127 cm³/mol. The number of hydrogen-bond donors (Lipinski definition) is 2. The molecule has 0 unspecified atom stereocenters. The van der Waals surface area contributed by atoms with Crippen LogP contribution in [-0.4, -0.2) is 56.3 Å². The first-order chi connectivity index (χ1) is 18.5. The maximum Gasteiger partial charge on any atom is 0.253 e. The first-order valence-electron chi connectivity index (χ1n) is 10.0. The molecule has 0 aliphatic rings. The molecular formula is C17H20N15O5S2Y8-5. The number of tetrazole rings is 1. The van der Waals surface area contributed by atoms with Crippen molar-refractivity contribution in [3.8, 4) is 0 Å². The quantitative estimate of drug-likeness (QED) is 0.146. The number of H-pyrrole nitrogens is 1. The van der Waals surface area contributed by atoms with E-state index in [1.54, 1.807) is 34.6 Å². The number of rotatable bonds is 0. The van der Waals surface area contributed by atoms with Crippen molar-refractivity contribution in [1.82, 2.24) is 71.6 Å². The number of aryl methyl sites for hydroxylation is 6. The zero-order valence-electron chi connectivity index (χ0n) is 25.8. The summed E-state index contributed by atoms with van der Waals surface area (Å²) in [6, 6.07) is 0. The molecule has 30 heteroatoms. The van der Waals surface area contributed by atoms with E-state index < -0.39 is 5.76 Å². The number of hydrogen-bond acceptors (Lipinski definition) is 18. The molecule has 0 atom stereocenters. The normalized spacial score (nSPS) is 7.53. The Morgan fingerprint density at radius 2 is 1.28 bits per heavy atom. The minimum absolute atomic E-state index is 0. The first kappa shape index (κ1) is 68.8. The van der Waals surface area contributed by atoms with Crippen LogP contribution in [-0.2, 0) is 262 Å². The first-order valence-corrected chi connectivity index (χ1v) is 11.3. The monoisotopic (exact) mass is 1290 g/mol. The van der Waals surface area contributed by atoms with Gasteiger partial charge < -0.3 is 59.9 Å². The van der Waals surface area contributed by atoms with Gasteiger partial charge in [-0.2, -0.15) is 5.21 Å². The van der Waals surface area contributed by atoms with Crippen molar-refractivity contribution in [2.45, 2.75) is 41.5 Å². The molecule has 6 heterocycles. The van der Waals surface area contributed by atoms with Crippen molar-refractivity contribution in [2.75, 3.05) is 0 Å². The van der Waals surface area contributed by atoms with E-state index in [-0.39, 0.29) is 272 Å². The Morgan fingerprint density at radius 1 is 0.723 bits per heavy atom. The molecule has 0 spiro atoms. The van der Waals surface area contributed by atoms with Gasteiger partial charge >= 0.3 is 0 Å². The van der Waals surface area contributed by atoms with Crippen LogP contribution in [0.4, 0.5) is 0 Å². The van der Waals surface area contributed by atoms with Crippen LogP contribution in [0.25, 0.3) is 0 Å². The summed E-state index contributed by atoms with van der Waals surface area (Å²) in [7, 11) is 0. The topological polar surface area (TPSA) is 280 Å². The van der Waals surface area contributed by atoms with Gasteiger partial charge in [0.2, 0.25) is 0 Å². The van der Waals surface area contributed by atoms with Gasteiger partial charge in [-0.25, -0.2) is 15.3 Å². The molecule has 2 N–H and O–H groups in total. The van der Waals surface area contributed by atoms with Gasteiger partial charge in [-0.3, -0.25) is 15.0 Å². The number of aromatic nitrogens is 14. The van der Waals surface area contributed by atoms with Gasteiger partial charge in [0.1, 0.15) is 10.5 Å².